The lowest BCUT2D eigenvalue weighted by atomic mass is 10.1. The number of hydrogen-bond donors (Lipinski definition) is 1. The first-order chi connectivity index (χ1) is 11.5. The number of benzene rings is 1. The molecule has 0 atom stereocenters. The van der Waals surface area contributed by atoms with Gasteiger partial charge in [0.2, 0.25) is 5.95 Å². The minimum Gasteiger partial charge on any atom is -0.290 e. The van der Waals surface area contributed by atoms with Gasteiger partial charge in [0, 0.05) is 23.1 Å². The number of aryl methyl sites for hydroxylation is 3. The van der Waals surface area contributed by atoms with E-state index in [1.54, 1.807) is 18.3 Å². The molecule has 24 heavy (non-hydrogen) atoms. The van der Waals surface area contributed by atoms with Crippen molar-refractivity contribution in [2.75, 3.05) is 5.32 Å². The highest BCUT2D eigenvalue weighted by atomic mass is 16.1. The first-order valence-corrected chi connectivity index (χ1v) is 7.72. The van der Waals surface area contributed by atoms with Gasteiger partial charge in [0.15, 0.2) is 0 Å². The third-order valence-corrected chi connectivity index (χ3v) is 3.65. The van der Waals surface area contributed by atoms with Crippen molar-refractivity contribution < 1.29 is 4.79 Å². The van der Waals surface area contributed by atoms with Crippen LogP contribution in [0.15, 0.2) is 42.6 Å². The van der Waals surface area contributed by atoms with Gasteiger partial charge in [0.05, 0.1) is 12.2 Å². The van der Waals surface area contributed by atoms with Crippen LogP contribution in [0.1, 0.15) is 33.0 Å². The fraction of sp³-hybridized carbons (Fsp3) is 0.222. The van der Waals surface area contributed by atoms with Crippen molar-refractivity contribution in [1.82, 2.24) is 19.7 Å². The van der Waals surface area contributed by atoms with E-state index in [9.17, 15) is 4.79 Å². The summed E-state index contributed by atoms with van der Waals surface area (Å²) in [7, 11) is 0. The number of aromatic nitrogens is 4. The predicted molar refractivity (Wildman–Crippen MR) is 92.0 cm³/mol. The van der Waals surface area contributed by atoms with Crippen molar-refractivity contribution in [3.05, 3.63) is 70.8 Å². The number of anilines is 1. The molecular formula is C18H19N5O. The molecule has 6 nitrogen and oxygen atoms in total. The molecule has 0 saturated heterocycles. The largest absolute Gasteiger partial charge is 0.290 e. The van der Waals surface area contributed by atoms with Crippen LogP contribution >= 0.6 is 0 Å². The molecule has 0 fully saturated rings. The fourth-order valence-electron chi connectivity index (χ4n) is 2.50. The molecule has 1 amide bonds. The van der Waals surface area contributed by atoms with E-state index in [4.69, 9.17) is 0 Å². The van der Waals surface area contributed by atoms with Gasteiger partial charge in [-0.15, -0.1) is 0 Å². The van der Waals surface area contributed by atoms with Crippen LogP contribution in [-0.2, 0) is 6.54 Å². The summed E-state index contributed by atoms with van der Waals surface area (Å²) >= 11 is 0. The van der Waals surface area contributed by atoms with Crippen LogP contribution in [0, 0.1) is 20.8 Å². The Morgan fingerprint density at radius 2 is 1.96 bits per heavy atom. The number of rotatable bonds is 4. The normalized spacial score (nSPS) is 10.6. The summed E-state index contributed by atoms with van der Waals surface area (Å²) < 4.78 is 1.93. The maximum atomic E-state index is 12.4. The van der Waals surface area contributed by atoms with E-state index in [1.165, 1.54) is 0 Å². The van der Waals surface area contributed by atoms with Crippen LogP contribution in [-0.4, -0.2) is 25.7 Å². The molecular weight excluding hydrogens is 302 g/mol. The number of nitrogens with one attached hydrogen (secondary N) is 1. The Kier molecular flexibility index (Phi) is 4.37. The summed E-state index contributed by atoms with van der Waals surface area (Å²) in [5.74, 6) is 0.0831. The molecule has 0 bridgehead atoms. The predicted octanol–water partition coefficient (Wildman–Crippen LogP) is 2.90. The van der Waals surface area contributed by atoms with Crippen molar-refractivity contribution in [2.45, 2.75) is 27.3 Å². The molecule has 0 radical (unpaired) electrons. The van der Waals surface area contributed by atoms with Crippen LogP contribution in [0.4, 0.5) is 5.95 Å². The zero-order valence-electron chi connectivity index (χ0n) is 13.9. The molecule has 0 unspecified atom stereocenters. The molecule has 1 N–H and O–H groups in total. The summed E-state index contributed by atoms with van der Waals surface area (Å²) in [6.07, 6.45) is 1.62. The second-order valence-corrected chi connectivity index (χ2v) is 5.76. The molecule has 0 aliphatic rings. The average molecular weight is 321 g/mol. The minimum atomic E-state index is -0.226. The average Bonchev–Trinajstić information content (AvgIpc) is 2.85. The molecule has 122 valence electrons. The van der Waals surface area contributed by atoms with E-state index in [2.05, 4.69) is 20.4 Å². The second-order valence-electron chi connectivity index (χ2n) is 5.76. The topological polar surface area (TPSA) is 72.7 Å². The molecule has 3 aromatic rings. The summed E-state index contributed by atoms with van der Waals surface area (Å²) in [6.45, 7) is 6.47. The van der Waals surface area contributed by atoms with E-state index < -0.39 is 0 Å². The van der Waals surface area contributed by atoms with Crippen LogP contribution in [0.25, 0.3) is 0 Å². The first kappa shape index (κ1) is 15.9. The van der Waals surface area contributed by atoms with Crippen LogP contribution in [0.3, 0.4) is 0 Å². The van der Waals surface area contributed by atoms with Gasteiger partial charge >= 0.3 is 0 Å². The Labute approximate surface area is 140 Å². The van der Waals surface area contributed by atoms with Gasteiger partial charge in [-0.05, 0) is 50.6 Å². The fourth-order valence-corrected chi connectivity index (χ4v) is 2.50. The van der Waals surface area contributed by atoms with E-state index in [0.717, 1.165) is 22.6 Å². The molecule has 2 heterocycles. The quantitative estimate of drug-likeness (QED) is 0.802. The Hall–Kier alpha value is -3.02. The first-order valence-electron chi connectivity index (χ1n) is 7.72. The monoisotopic (exact) mass is 321 g/mol. The zero-order valence-corrected chi connectivity index (χ0v) is 13.9. The van der Waals surface area contributed by atoms with Gasteiger partial charge < -0.3 is 0 Å². The Morgan fingerprint density at radius 1 is 1.12 bits per heavy atom. The molecule has 0 aliphatic heterocycles. The van der Waals surface area contributed by atoms with Gasteiger partial charge in [-0.1, -0.05) is 12.1 Å². The van der Waals surface area contributed by atoms with Crippen LogP contribution in [0.5, 0.6) is 0 Å². The minimum absolute atomic E-state index is 0.226. The van der Waals surface area contributed by atoms with Gasteiger partial charge in [-0.3, -0.25) is 14.8 Å². The van der Waals surface area contributed by atoms with E-state index >= 15 is 0 Å². The summed E-state index contributed by atoms with van der Waals surface area (Å²) in [4.78, 5) is 20.6. The lowest BCUT2D eigenvalue weighted by Crippen LogP contribution is -2.15. The summed E-state index contributed by atoms with van der Waals surface area (Å²) in [5, 5.41) is 7.18. The SMILES string of the molecule is Cc1ccnc(NC(=O)c2cccc(Cn3nc(C)cc3C)c2)n1. The van der Waals surface area contributed by atoms with Crippen molar-refractivity contribution in [2.24, 2.45) is 0 Å². The van der Waals surface area contributed by atoms with Gasteiger partial charge in [0.1, 0.15) is 0 Å². The zero-order chi connectivity index (χ0) is 17.1. The third-order valence-electron chi connectivity index (χ3n) is 3.65. The van der Waals surface area contributed by atoms with Crippen molar-refractivity contribution in [3.8, 4) is 0 Å². The lowest BCUT2D eigenvalue weighted by molar-refractivity contribution is 0.102. The smallest absolute Gasteiger partial charge is 0.258 e. The van der Waals surface area contributed by atoms with Gasteiger partial charge in [0.25, 0.3) is 5.91 Å². The van der Waals surface area contributed by atoms with Crippen LogP contribution < -0.4 is 5.32 Å². The van der Waals surface area contributed by atoms with E-state index in [0.29, 0.717) is 18.1 Å². The Morgan fingerprint density at radius 3 is 2.67 bits per heavy atom. The highest BCUT2D eigenvalue weighted by molar-refractivity contribution is 6.03. The molecule has 0 spiro atoms. The maximum absolute atomic E-state index is 12.4. The molecule has 0 saturated carbocycles. The van der Waals surface area contributed by atoms with Crippen molar-refractivity contribution in [3.63, 3.8) is 0 Å². The number of nitrogens with zero attached hydrogens (tertiary/aromatic N) is 4. The van der Waals surface area contributed by atoms with Crippen molar-refractivity contribution in [1.29, 1.82) is 0 Å². The summed E-state index contributed by atoms with van der Waals surface area (Å²) in [6, 6.07) is 11.3. The molecule has 0 aliphatic carbocycles. The number of carbonyl (C=O) groups is 1. The number of amides is 1. The molecule has 1 aromatic carbocycles. The highest BCUT2D eigenvalue weighted by Gasteiger charge is 2.09. The molecule has 3 rings (SSSR count). The summed E-state index contributed by atoms with van der Waals surface area (Å²) in [5.41, 5.74) is 4.46. The van der Waals surface area contributed by atoms with Gasteiger partial charge in [-0.2, -0.15) is 5.10 Å². The van der Waals surface area contributed by atoms with E-state index in [1.807, 2.05) is 49.7 Å². The van der Waals surface area contributed by atoms with Crippen molar-refractivity contribution >= 4 is 11.9 Å². The van der Waals surface area contributed by atoms with E-state index in [-0.39, 0.29) is 5.91 Å². The molecule has 2 aromatic heterocycles. The number of hydrogen-bond acceptors (Lipinski definition) is 4. The lowest BCUT2D eigenvalue weighted by Gasteiger charge is -2.08. The standard InChI is InChI=1S/C18H19N5O/c1-12-7-8-19-18(20-12)21-17(24)16-6-4-5-15(10-16)11-23-14(3)9-13(2)22-23/h4-10H,11H2,1-3H3,(H,19,20,21,24). The third kappa shape index (κ3) is 3.65. The Balaban J connectivity index is 1.77. The Bertz CT molecular complexity index is 885. The van der Waals surface area contributed by atoms with Gasteiger partial charge in [-0.25, -0.2) is 9.97 Å². The maximum Gasteiger partial charge on any atom is 0.258 e. The number of carbonyl (C=O) groups excluding carboxylic acids is 1. The van der Waals surface area contributed by atoms with Crippen LogP contribution in [0.2, 0.25) is 0 Å². The molecule has 6 heteroatoms. The second kappa shape index (κ2) is 6.62. The highest BCUT2D eigenvalue weighted by Crippen LogP contribution is 2.11.